The maximum Gasteiger partial charge on any atom is 0.409 e. The molecule has 1 saturated heterocycles. The first-order chi connectivity index (χ1) is 10.5. The van der Waals surface area contributed by atoms with Crippen LogP contribution in [0.5, 0.6) is 0 Å². The summed E-state index contributed by atoms with van der Waals surface area (Å²) in [7, 11) is 0. The molecule has 120 valence electrons. The van der Waals surface area contributed by atoms with E-state index in [-0.39, 0.29) is 23.8 Å². The van der Waals surface area contributed by atoms with Crippen molar-refractivity contribution in [2.24, 2.45) is 0 Å². The summed E-state index contributed by atoms with van der Waals surface area (Å²) in [5, 5.41) is 2.92. The van der Waals surface area contributed by atoms with Crippen LogP contribution in [0.1, 0.15) is 47.5 Å². The molecule has 0 spiro atoms. The van der Waals surface area contributed by atoms with E-state index >= 15 is 0 Å². The number of ether oxygens (including phenoxy) is 1. The maximum atomic E-state index is 12.1. The monoisotopic (exact) mass is 307 g/mol. The number of carbonyl (C=O) groups excluding carboxylic acids is 3. The second-order valence-electron chi connectivity index (χ2n) is 5.29. The van der Waals surface area contributed by atoms with Crippen LogP contribution in [0.15, 0.2) is 12.3 Å². The van der Waals surface area contributed by atoms with Crippen LogP contribution in [-0.2, 0) is 4.74 Å². The van der Waals surface area contributed by atoms with Crippen LogP contribution >= 0.6 is 0 Å². The molecule has 0 radical (unpaired) electrons. The lowest BCUT2D eigenvalue weighted by molar-refractivity contribution is 0.0856. The summed E-state index contributed by atoms with van der Waals surface area (Å²) in [6.07, 6.45) is 2.60. The molecular formula is C15H21N3O4. The number of hydrogen-bond donors (Lipinski definition) is 2. The summed E-state index contributed by atoms with van der Waals surface area (Å²) in [6.45, 7) is 4.72. The van der Waals surface area contributed by atoms with Crippen LogP contribution < -0.4 is 5.32 Å². The van der Waals surface area contributed by atoms with E-state index in [1.807, 2.05) is 0 Å². The third-order valence-electron chi connectivity index (χ3n) is 3.69. The molecule has 2 N–H and O–H groups in total. The molecule has 1 aromatic rings. The summed E-state index contributed by atoms with van der Waals surface area (Å²) >= 11 is 0. The Hall–Kier alpha value is -2.31. The average Bonchev–Trinajstić information content (AvgIpc) is 2.98. The van der Waals surface area contributed by atoms with Gasteiger partial charge in [0, 0.05) is 30.9 Å². The fraction of sp³-hybridized carbons (Fsp3) is 0.533. The van der Waals surface area contributed by atoms with Crippen LogP contribution in [0.2, 0.25) is 0 Å². The van der Waals surface area contributed by atoms with E-state index in [0.717, 1.165) is 0 Å². The molecule has 2 heterocycles. The number of hydrogen-bond acceptors (Lipinski definition) is 4. The number of Topliss-reactive ketones (excluding diaryl/α,β-unsaturated/α-hetero) is 1. The molecule has 1 aromatic heterocycles. The quantitative estimate of drug-likeness (QED) is 0.826. The highest BCUT2D eigenvalue weighted by Gasteiger charge is 2.25. The van der Waals surface area contributed by atoms with E-state index in [4.69, 9.17) is 4.74 Å². The number of likely N-dealkylation sites (tertiary alicyclic amines) is 1. The van der Waals surface area contributed by atoms with Gasteiger partial charge < -0.3 is 19.9 Å². The van der Waals surface area contributed by atoms with Gasteiger partial charge in [0.2, 0.25) is 0 Å². The largest absolute Gasteiger partial charge is 0.450 e. The van der Waals surface area contributed by atoms with Gasteiger partial charge in [-0.25, -0.2) is 4.79 Å². The number of nitrogens with zero attached hydrogens (tertiary/aromatic N) is 1. The van der Waals surface area contributed by atoms with Crippen molar-refractivity contribution in [1.29, 1.82) is 0 Å². The molecule has 0 aliphatic carbocycles. The van der Waals surface area contributed by atoms with Crippen molar-refractivity contribution in [3.8, 4) is 0 Å². The van der Waals surface area contributed by atoms with Crippen LogP contribution in [-0.4, -0.2) is 53.4 Å². The van der Waals surface area contributed by atoms with Crippen molar-refractivity contribution in [3.05, 3.63) is 23.5 Å². The predicted octanol–water partition coefficient (Wildman–Crippen LogP) is 1.57. The zero-order valence-corrected chi connectivity index (χ0v) is 12.8. The normalized spacial score (nSPS) is 15.5. The summed E-state index contributed by atoms with van der Waals surface area (Å²) < 4.78 is 4.95. The van der Waals surface area contributed by atoms with Gasteiger partial charge in [0.15, 0.2) is 5.78 Å². The SMILES string of the molecule is CCOC(=O)N1CCC(NC(=O)c2cc(C(C)=O)c[nH]2)CC1. The van der Waals surface area contributed by atoms with Crippen LogP contribution in [0, 0.1) is 0 Å². The number of carbonyl (C=O) groups is 3. The van der Waals surface area contributed by atoms with Gasteiger partial charge in [-0.15, -0.1) is 0 Å². The number of H-pyrrole nitrogens is 1. The number of amides is 2. The van der Waals surface area contributed by atoms with Gasteiger partial charge >= 0.3 is 6.09 Å². The van der Waals surface area contributed by atoms with Gasteiger partial charge in [-0.1, -0.05) is 0 Å². The van der Waals surface area contributed by atoms with Crippen molar-refractivity contribution in [2.45, 2.75) is 32.7 Å². The first kappa shape index (κ1) is 16.1. The van der Waals surface area contributed by atoms with Gasteiger partial charge in [0.25, 0.3) is 5.91 Å². The van der Waals surface area contributed by atoms with Crippen molar-refractivity contribution in [3.63, 3.8) is 0 Å². The minimum atomic E-state index is -0.303. The average molecular weight is 307 g/mol. The fourth-order valence-electron chi connectivity index (χ4n) is 2.41. The minimum absolute atomic E-state index is 0.0160. The lowest BCUT2D eigenvalue weighted by Crippen LogP contribution is -2.46. The van der Waals surface area contributed by atoms with Gasteiger partial charge in [-0.2, -0.15) is 0 Å². The zero-order chi connectivity index (χ0) is 16.1. The van der Waals surface area contributed by atoms with Gasteiger partial charge in [0.05, 0.1) is 6.61 Å². The highest BCUT2D eigenvalue weighted by atomic mass is 16.6. The van der Waals surface area contributed by atoms with Crippen molar-refractivity contribution >= 4 is 17.8 Å². The number of rotatable bonds is 4. The molecule has 0 aromatic carbocycles. The van der Waals surface area contributed by atoms with E-state index in [9.17, 15) is 14.4 Å². The molecular weight excluding hydrogens is 286 g/mol. The number of aromatic nitrogens is 1. The molecule has 1 fully saturated rings. The molecule has 0 unspecified atom stereocenters. The molecule has 7 heteroatoms. The second-order valence-corrected chi connectivity index (χ2v) is 5.29. The highest BCUT2D eigenvalue weighted by molar-refractivity contribution is 5.99. The molecule has 0 bridgehead atoms. The Morgan fingerprint density at radius 1 is 1.36 bits per heavy atom. The smallest absolute Gasteiger partial charge is 0.409 e. The Bertz CT molecular complexity index is 559. The van der Waals surface area contributed by atoms with E-state index in [2.05, 4.69) is 10.3 Å². The number of nitrogens with one attached hydrogen (secondary N) is 2. The predicted molar refractivity (Wildman–Crippen MR) is 79.9 cm³/mol. The molecule has 2 rings (SSSR count). The summed E-state index contributed by atoms with van der Waals surface area (Å²) in [4.78, 5) is 39.4. The van der Waals surface area contributed by atoms with Gasteiger partial charge in [-0.3, -0.25) is 9.59 Å². The topological polar surface area (TPSA) is 91.5 Å². The summed E-state index contributed by atoms with van der Waals surface area (Å²) in [5.41, 5.74) is 0.861. The Morgan fingerprint density at radius 2 is 2.05 bits per heavy atom. The fourth-order valence-corrected chi connectivity index (χ4v) is 2.41. The van der Waals surface area contributed by atoms with Crippen LogP contribution in [0.25, 0.3) is 0 Å². The van der Waals surface area contributed by atoms with E-state index < -0.39 is 0 Å². The number of ketones is 1. The summed E-state index contributed by atoms with van der Waals surface area (Å²) in [5.74, 6) is -0.319. The second kappa shape index (κ2) is 7.11. The minimum Gasteiger partial charge on any atom is -0.450 e. The third-order valence-corrected chi connectivity index (χ3v) is 3.69. The number of piperidine rings is 1. The van der Waals surface area contributed by atoms with Crippen LogP contribution in [0.3, 0.4) is 0 Å². The zero-order valence-electron chi connectivity index (χ0n) is 12.8. The first-order valence-corrected chi connectivity index (χ1v) is 7.43. The molecule has 7 nitrogen and oxygen atoms in total. The lowest BCUT2D eigenvalue weighted by atomic mass is 10.1. The van der Waals surface area contributed by atoms with Gasteiger partial charge in [-0.05, 0) is 32.8 Å². The summed E-state index contributed by atoms with van der Waals surface area (Å²) in [6, 6.07) is 1.56. The molecule has 1 aliphatic heterocycles. The van der Waals surface area contributed by atoms with E-state index in [0.29, 0.717) is 43.8 Å². The molecule has 1 aliphatic rings. The Labute approximate surface area is 129 Å². The Balaban J connectivity index is 1.83. The molecule has 2 amide bonds. The first-order valence-electron chi connectivity index (χ1n) is 7.43. The van der Waals surface area contributed by atoms with Gasteiger partial charge in [0.1, 0.15) is 5.69 Å². The Morgan fingerprint density at radius 3 is 2.59 bits per heavy atom. The van der Waals surface area contributed by atoms with Crippen molar-refractivity contribution in [1.82, 2.24) is 15.2 Å². The van der Waals surface area contributed by atoms with E-state index in [1.54, 1.807) is 17.9 Å². The van der Waals surface area contributed by atoms with E-state index in [1.165, 1.54) is 13.1 Å². The Kier molecular flexibility index (Phi) is 5.19. The highest BCUT2D eigenvalue weighted by Crippen LogP contribution is 2.13. The molecule has 0 saturated carbocycles. The molecule has 22 heavy (non-hydrogen) atoms. The molecule has 0 atom stereocenters. The van der Waals surface area contributed by atoms with Crippen molar-refractivity contribution in [2.75, 3.05) is 19.7 Å². The standard InChI is InChI=1S/C15H21N3O4/c1-3-22-15(21)18-6-4-12(5-7-18)17-14(20)13-8-11(9-16-13)10(2)19/h8-9,12,16H,3-7H2,1-2H3,(H,17,20). The van der Waals surface area contributed by atoms with Crippen LogP contribution in [0.4, 0.5) is 4.79 Å². The van der Waals surface area contributed by atoms with Crippen molar-refractivity contribution < 1.29 is 19.1 Å². The third kappa shape index (κ3) is 3.87. The maximum absolute atomic E-state index is 12.1. The lowest BCUT2D eigenvalue weighted by Gasteiger charge is -2.31. The number of aromatic amines is 1.